The first-order valence-electron chi connectivity index (χ1n) is 5.50. The standard InChI is InChI=1S/C12H15N3OS/c1-8(12(16)13-2)14-7-11-15-9-5-3-4-6-10(9)17-11/h3-6,8,14H,7H2,1-2H3,(H,13,16). The number of aromatic nitrogens is 1. The molecule has 0 saturated heterocycles. The zero-order chi connectivity index (χ0) is 12.3. The van der Waals surface area contributed by atoms with Crippen molar-refractivity contribution in [1.82, 2.24) is 15.6 Å². The van der Waals surface area contributed by atoms with Crippen molar-refractivity contribution in [1.29, 1.82) is 0 Å². The first kappa shape index (κ1) is 12.0. The third-order valence-corrected chi connectivity index (χ3v) is 3.57. The molecule has 1 atom stereocenters. The summed E-state index contributed by atoms with van der Waals surface area (Å²) in [6, 6.07) is 7.83. The summed E-state index contributed by atoms with van der Waals surface area (Å²) < 4.78 is 1.18. The van der Waals surface area contributed by atoms with Gasteiger partial charge in [0.05, 0.1) is 16.3 Å². The largest absolute Gasteiger partial charge is 0.358 e. The number of carbonyl (C=O) groups is 1. The van der Waals surface area contributed by atoms with E-state index in [0.717, 1.165) is 10.5 Å². The minimum Gasteiger partial charge on any atom is -0.358 e. The maximum Gasteiger partial charge on any atom is 0.236 e. The highest BCUT2D eigenvalue weighted by molar-refractivity contribution is 7.18. The van der Waals surface area contributed by atoms with Gasteiger partial charge in [-0.25, -0.2) is 4.98 Å². The van der Waals surface area contributed by atoms with Crippen molar-refractivity contribution in [2.75, 3.05) is 7.05 Å². The molecule has 90 valence electrons. The molecule has 1 amide bonds. The zero-order valence-electron chi connectivity index (χ0n) is 9.86. The Morgan fingerprint density at radius 1 is 1.47 bits per heavy atom. The van der Waals surface area contributed by atoms with Crippen LogP contribution in [0.3, 0.4) is 0 Å². The summed E-state index contributed by atoms with van der Waals surface area (Å²) in [5.41, 5.74) is 1.02. The third kappa shape index (κ3) is 2.81. The van der Waals surface area contributed by atoms with Gasteiger partial charge in [-0.3, -0.25) is 10.1 Å². The van der Waals surface area contributed by atoms with Crippen LogP contribution in [0.4, 0.5) is 0 Å². The van der Waals surface area contributed by atoms with Crippen molar-refractivity contribution >= 4 is 27.5 Å². The lowest BCUT2D eigenvalue weighted by molar-refractivity contribution is -0.122. The van der Waals surface area contributed by atoms with E-state index in [0.29, 0.717) is 6.54 Å². The van der Waals surface area contributed by atoms with E-state index in [1.807, 2.05) is 25.1 Å². The van der Waals surface area contributed by atoms with Gasteiger partial charge in [-0.15, -0.1) is 11.3 Å². The smallest absolute Gasteiger partial charge is 0.236 e. The van der Waals surface area contributed by atoms with Crippen LogP contribution in [-0.2, 0) is 11.3 Å². The Hall–Kier alpha value is -1.46. The van der Waals surface area contributed by atoms with Gasteiger partial charge < -0.3 is 5.32 Å². The summed E-state index contributed by atoms with van der Waals surface area (Å²) in [6.45, 7) is 2.46. The number of thiazole rings is 1. The lowest BCUT2D eigenvalue weighted by Gasteiger charge is -2.10. The number of hydrogen-bond acceptors (Lipinski definition) is 4. The maximum atomic E-state index is 11.3. The summed E-state index contributed by atoms with van der Waals surface area (Å²) >= 11 is 1.65. The lowest BCUT2D eigenvalue weighted by atomic mass is 10.3. The molecule has 0 fully saturated rings. The third-order valence-electron chi connectivity index (χ3n) is 2.54. The van der Waals surface area contributed by atoms with Crippen LogP contribution in [0.5, 0.6) is 0 Å². The first-order chi connectivity index (χ1) is 8.20. The van der Waals surface area contributed by atoms with Crippen LogP contribution in [-0.4, -0.2) is 24.0 Å². The van der Waals surface area contributed by atoms with Gasteiger partial charge in [0.1, 0.15) is 5.01 Å². The molecule has 1 aromatic heterocycles. The van der Waals surface area contributed by atoms with Gasteiger partial charge in [0.15, 0.2) is 0 Å². The van der Waals surface area contributed by atoms with Crippen molar-refractivity contribution in [3.05, 3.63) is 29.3 Å². The molecule has 4 nitrogen and oxygen atoms in total. The number of nitrogens with zero attached hydrogens (tertiary/aromatic N) is 1. The molecule has 0 radical (unpaired) electrons. The predicted molar refractivity (Wildman–Crippen MR) is 70.0 cm³/mol. The predicted octanol–water partition coefficient (Wildman–Crippen LogP) is 1.52. The fourth-order valence-electron chi connectivity index (χ4n) is 1.55. The molecule has 2 rings (SSSR count). The Morgan fingerprint density at radius 2 is 2.24 bits per heavy atom. The Morgan fingerprint density at radius 3 is 2.94 bits per heavy atom. The van der Waals surface area contributed by atoms with Gasteiger partial charge in [0, 0.05) is 13.6 Å². The van der Waals surface area contributed by atoms with Gasteiger partial charge in [-0.05, 0) is 19.1 Å². The van der Waals surface area contributed by atoms with Crippen LogP contribution < -0.4 is 10.6 Å². The highest BCUT2D eigenvalue weighted by Crippen LogP contribution is 2.21. The molecule has 0 spiro atoms. The number of rotatable bonds is 4. The molecule has 0 saturated carbocycles. The average Bonchev–Trinajstić information content (AvgIpc) is 2.77. The summed E-state index contributed by atoms with van der Waals surface area (Å²) in [6.07, 6.45) is 0. The second-order valence-corrected chi connectivity index (χ2v) is 4.91. The highest BCUT2D eigenvalue weighted by atomic mass is 32.1. The molecule has 0 aliphatic carbocycles. The normalized spacial score (nSPS) is 12.6. The minimum atomic E-state index is -0.202. The van der Waals surface area contributed by atoms with E-state index in [2.05, 4.69) is 21.7 Å². The number of likely N-dealkylation sites (N-methyl/N-ethyl adjacent to an activating group) is 1. The van der Waals surface area contributed by atoms with Crippen molar-refractivity contribution in [2.24, 2.45) is 0 Å². The quantitative estimate of drug-likeness (QED) is 0.864. The van der Waals surface area contributed by atoms with E-state index in [-0.39, 0.29) is 11.9 Å². The number of hydrogen-bond donors (Lipinski definition) is 2. The molecule has 0 aliphatic rings. The Labute approximate surface area is 104 Å². The van der Waals surface area contributed by atoms with Crippen molar-refractivity contribution < 1.29 is 4.79 Å². The van der Waals surface area contributed by atoms with E-state index in [1.165, 1.54) is 4.70 Å². The van der Waals surface area contributed by atoms with Gasteiger partial charge in [0.25, 0.3) is 0 Å². The van der Waals surface area contributed by atoms with Gasteiger partial charge >= 0.3 is 0 Å². The van der Waals surface area contributed by atoms with Crippen LogP contribution in [0.25, 0.3) is 10.2 Å². The van der Waals surface area contributed by atoms with Gasteiger partial charge in [-0.1, -0.05) is 12.1 Å². The number of amides is 1. The average molecular weight is 249 g/mol. The lowest BCUT2D eigenvalue weighted by Crippen LogP contribution is -2.40. The summed E-state index contributed by atoms with van der Waals surface area (Å²) in [5, 5.41) is 6.76. The second kappa shape index (κ2) is 5.25. The van der Waals surface area contributed by atoms with Crippen LogP contribution in [0.2, 0.25) is 0 Å². The molecule has 2 N–H and O–H groups in total. The van der Waals surface area contributed by atoms with Crippen LogP contribution >= 0.6 is 11.3 Å². The fraction of sp³-hybridized carbons (Fsp3) is 0.333. The van der Waals surface area contributed by atoms with E-state index in [9.17, 15) is 4.79 Å². The first-order valence-corrected chi connectivity index (χ1v) is 6.32. The molecule has 0 aliphatic heterocycles. The molecule has 1 aromatic carbocycles. The van der Waals surface area contributed by atoms with Gasteiger partial charge in [-0.2, -0.15) is 0 Å². The van der Waals surface area contributed by atoms with E-state index >= 15 is 0 Å². The Balaban J connectivity index is 2.01. The number of benzene rings is 1. The SMILES string of the molecule is CNC(=O)C(C)NCc1nc2ccccc2s1. The highest BCUT2D eigenvalue weighted by Gasteiger charge is 2.11. The van der Waals surface area contributed by atoms with Crippen molar-refractivity contribution in [2.45, 2.75) is 19.5 Å². The molecule has 1 unspecified atom stereocenters. The molecule has 17 heavy (non-hydrogen) atoms. The topological polar surface area (TPSA) is 54.0 Å². The minimum absolute atomic E-state index is 0.00823. The van der Waals surface area contributed by atoms with Gasteiger partial charge in [0.2, 0.25) is 5.91 Å². The van der Waals surface area contributed by atoms with Crippen LogP contribution in [0.1, 0.15) is 11.9 Å². The number of fused-ring (bicyclic) bond motifs is 1. The van der Waals surface area contributed by atoms with Crippen LogP contribution in [0.15, 0.2) is 24.3 Å². The number of nitrogens with one attached hydrogen (secondary N) is 2. The Kier molecular flexibility index (Phi) is 3.71. The van der Waals surface area contributed by atoms with E-state index in [4.69, 9.17) is 0 Å². The van der Waals surface area contributed by atoms with Crippen molar-refractivity contribution in [3.63, 3.8) is 0 Å². The molecule has 5 heteroatoms. The maximum absolute atomic E-state index is 11.3. The molecule has 1 heterocycles. The van der Waals surface area contributed by atoms with Crippen molar-refractivity contribution in [3.8, 4) is 0 Å². The monoisotopic (exact) mass is 249 g/mol. The van der Waals surface area contributed by atoms with E-state index < -0.39 is 0 Å². The summed E-state index contributed by atoms with van der Waals surface area (Å²) in [4.78, 5) is 15.8. The summed E-state index contributed by atoms with van der Waals surface area (Å²) in [5.74, 6) is -0.00823. The number of carbonyl (C=O) groups excluding carboxylic acids is 1. The molecule has 2 aromatic rings. The molecular formula is C12H15N3OS. The zero-order valence-corrected chi connectivity index (χ0v) is 10.7. The van der Waals surface area contributed by atoms with E-state index in [1.54, 1.807) is 18.4 Å². The second-order valence-electron chi connectivity index (χ2n) is 3.79. The summed E-state index contributed by atoms with van der Waals surface area (Å²) in [7, 11) is 1.64. The fourth-order valence-corrected chi connectivity index (χ4v) is 2.46. The number of para-hydroxylation sites is 1. The molecule has 0 bridgehead atoms. The van der Waals surface area contributed by atoms with Crippen LogP contribution in [0, 0.1) is 0 Å². The molecular weight excluding hydrogens is 234 g/mol. The Bertz CT molecular complexity index is 490.